The molecule has 0 aliphatic carbocycles. The van der Waals surface area contributed by atoms with Gasteiger partial charge in [-0.15, -0.1) is 11.3 Å². The molecule has 2 aromatic carbocycles. The molecule has 0 aliphatic rings. The predicted molar refractivity (Wildman–Crippen MR) is 111 cm³/mol. The van der Waals surface area contributed by atoms with Gasteiger partial charge in [0.15, 0.2) is 6.54 Å². The van der Waals surface area contributed by atoms with Crippen molar-refractivity contribution < 1.29 is 15.0 Å². The van der Waals surface area contributed by atoms with Gasteiger partial charge in [0.1, 0.15) is 11.7 Å². The molecule has 0 radical (unpaired) electrons. The van der Waals surface area contributed by atoms with Gasteiger partial charge in [0.25, 0.3) is 11.6 Å². The molecule has 1 aromatic heterocycles. The summed E-state index contributed by atoms with van der Waals surface area (Å²) in [6, 6.07) is 18.6. The van der Waals surface area contributed by atoms with Crippen LogP contribution in [0.2, 0.25) is 0 Å². The number of quaternary nitrogens is 1. The van der Waals surface area contributed by atoms with Crippen molar-refractivity contribution in [3.8, 4) is 0 Å². The first-order valence-electron chi connectivity index (χ1n) is 9.07. The Kier molecular flexibility index (Phi) is 6.52. The predicted octanol–water partition coefficient (Wildman–Crippen LogP) is 3.51. The van der Waals surface area contributed by atoms with Crippen molar-refractivity contribution in [3.63, 3.8) is 0 Å². The van der Waals surface area contributed by atoms with Gasteiger partial charge in [-0.25, -0.2) is 0 Å². The van der Waals surface area contributed by atoms with Crippen molar-refractivity contribution in [2.24, 2.45) is 0 Å². The molecular formula is C21H22N3O3S+. The van der Waals surface area contributed by atoms with E-state index in [1.54, 1.807) is 23.5 Å². The molecular weight excluding hydrogens is 374 g/mol. The zero-order valence-corrected chi connectivity index (χ0v) is 16.3. The lowest BCUT2D eigenvalue weighted by molar-refractivity contribution is -0.675. The number of carbonyl (C=O) groups is 1. The molecule has 0 spiro atoms. The summed E-state index contributed by atoms with van der Waals surface area (Å²) in [7, 11) is 0. The van der Waals surface area contributed by atoms with E-state index in [0.29, 0.717) is 0 Å². The maximum Gasteiger partial charge on any atom is 0.292 e. The van der Waals surface area contributed by atoms with E-state index in [1.165, 1.54) is 17.7 Å². The van der Waals surface area contributed by atoms with Crippen LogP contribution in [0.4, 0.5) is 11.4 Å². The Bertz CT molecular complexity index is 940. The highest BCUT2D eigenvalue weighted by Gasteiger charge is 2.21. The zero-order chi connectivity index (χ0) is 19.9. The lowest BCUT2D eigenvalue weighted by Crippen LogP contribution is -2.87. The number of nitrogens with zero attached hydrogens (tertiary/aromatic N) is 1. The van der Waals surface area contributed by atoms with E-state index in [0.717, 1.165) is 16.9 Å². The van der Waals surface area contributed by atoms with E-state index < -0.39 is 4.92 Å². The Hall–Kier alpha value is -3.03. The van der Waals surface area contributed by atoms with Crippen molar-refractivity contribution in [1.82, 2.24) is 0 Å². The molecule has 1 heterocycles. The first-order chi connectivity index (χ1) is 13.6. The molecule has 28 heavy (non-hydrogen) atoms. The third-order valence-electron chi connectivity index (χ3n) is 4.51. The smallest absolute Gasteiger partial charge is 0.292 e. The summed E-state index contributed by atoms with van der Waals surface area (Å²) < 4.78 is 0. The van der Waals surface area contributed by atoms with E-state index in [4.69, 9.17) is 0 Å². The summed E-state index contributed by atoms with van der Waals surface area (Å²) in [5.74, 6) is -0.277. The van der Waals surface area contributed by atoms with Crippen molar-refractivity contribution in [3.05, 3.63) is 92.2 Å². The van der Waals surface area contributed by atoms with Gasteiger partial charge in [0, 0.05) is 11.6 Å². The number of para-hydroxylation sites is 2. The SMILES string of the molecule is CCc1ccc([C@@H]([NH2+]CC(=O)Nc2ccccc2[N+](=O)[O-])c2cccs2)cc1. The van der Waals surface area contributed by atoms with Crippen LogP contribution in [0.15, 0.2) is 66.0 Å². The molecule has 0 unspecified atom stereocenters. The number of hydrogen-bond donors (Lipinski definition) is 2. The molecule has 1 atom stereocenters. The minimum absolute atomic E-state index is 0.00224. The largest absolute Gasteiger partial charge is 0.328 e. The number of thiophene rings is 1. The van der Waals surface area contributed by atoms with Crippen LogP contribution in [0.5, 0.6) is 0 Å². The minimum Gasteiger partial charge on any atom is -0.328 e. The average Bonchev–Trinajstić information content (AvgIpc) is 3.23. The molecule has 0 bridgehead atoms. The number of benzene rings is 2. The number of nitrogens with one attached hydrogen (secondary N) is 1. The van der Waals surface area contributed by atoms with Crippen LogP contribution < -0.4 is 10.6 Å². The van der Waals surface area contributed by atoms with Crippen molar-refractivity contribution in [2.75, 3.05) is 11.9 Å². The standard InChI is InChI=1S/C21H21N3O3S/c1-2-15-9-11-16(12-10-15)21(19-8-5-13-28-19)22-14-20(25)23-17-6-3-4-7-18(17)24(26)27/h3-13,21-22H,2,14H2,1H3,(H,23,25)/p+1/t21-/m1/s1. The lowest BCUT2D eigenvalue weighted by atomic mass is 10.0. The summed E-state index contributed by atoms with van der Waals surface area (Å²) in [5, 5.41) is 17.7. The number of amides is 1. The monoisotopic (exact) mass is 396 g/mol. The molecule has 144 valence electrons. The molecule has 0 fully saturated rings. The van der Waals surface area contributed by atoms with Gasteiger partial charge in [-0.1, -0.05) is 49.4 Å². The van der Waals surface area contributed by atoms with Gasteiger partial charge < -0.3 is 10.6 Å². The third kappa shape index (κ3) is 4.82. The lowest BCUT2D eigenvalue weighted by Gasteiger charge is -2.15. The van der Waals surface area contributed by atoms with Crippen molar-refractivity contribution >= 4 is 28.6 Å². The van der Waals surface area contributed by atoms with Crippen LogP contribution in [0.3, 0.4) is 0 Å². The topological polar surface area (TPSA) is 88.8 Å². The first-order valence-corrected chi connectivity index (χ1v) is 9.95. The summed E-state index contributed by atoms with van der Waals surface area (Å²) in [5.41, 5.74) is 2.49. The maximum atomic E-state index is 12.4. The molecule has 1 amide bonds. The quantitative estimate of drug-likeness (QED) is 0.451. The summed E-state index contributed by atoms with van der Waals surface area (Å²) in [6.45, 7) is 2.27. The molecule has 3 aromatic rings. The average molecular weight is 396 g/mol. The van der Waals surface area contributed by atoms with Gasteiger partial charge in [-0.3, -0.25) is 14.9 Å². The zero-order valence-electron chi connectivity index (χ0n) is 15.5. The number of nitro benzene ring substituents is 1. The van der Waals surface area contributed by atoms with Gasteiger partial charge >= 0.3 is 0 Å². The number of nitro groups is 1. The fourth-order valence-corrected chi connectivity index (χ4v) is 3.86. The van der Waals surface area contributed by atoms with E-state index >= 15 is 0 Å². The van der Waals surface area contributed by atoms with Gasteiger partial charge in [-0.05, 0) is 29.5 Å². The molecule has 0 saturated carbocycles. The maximum absolute atomic E-state index is 12.4. The second-order valence-electron chi connectivity index (χ2n) is 6.35. The highest BCUT2D eigenvalue weighted by atomic mass is 32.1. The van der Waals surface area contributed by atoms with E-state index in [-0.39, 0.29) is 29.9 Å². The Morgan fingerprint density at radius 1 is 1.14 bits per heavy atom. The van der Waals surface area contributed by atoms with Crippen molar-refractivity contribution in [1.29, 1.82) is 0 Å². The molecule has 0 aliphatic heterocycles. The fraction of sp³-hybridized carbons (Fsp3) is 0.190. The van der Waals surface area contributed by atoms with E-state index in [1.807, 2.05) is 16.8 Å². The molecule has 7 heteroatoms. The van der Waals surface area contributed by atoms with E-state index in [9.17, 15) is 14.9 Å². The molecule has 0 saturated heterocycles. The number of aryl methyl sites for hydroxylation is 1. The fourth-order valence-electron chi connectivity index (χ4n) is 3.01. The third-order valence-corrected chi connectivity index (χ3v) is 5.47. The number of hydrogen-bond acceptors (Lipinski definition) is 4. The molecule has 3 N–H and O–H groups in total. The normalized spacial score (nSPS) is 11.8. The van der Waals surface area contributed by atoms with Crippen LogP contribution in [0, 0.1) is 10.1 Å². The summed E-state index contributed by atoms with van der Waals surface area (Å²) >= 11 is 1.65. The second kappa shape index (κ2) is 9.25. The van der Waals surface area contributed by atoms with Gasteiger partial charge in [0.2, 0.25) is 0 Å². The van der Waals surface area contributed by atoms with Gasteiger partial charge in [0.05, 0.1) is 9.80 Å². The summed E-state index contributed by atoms with van der Waals surface area (Å²) in [6.07, 6.45) is 0.978. The number of rotatable bonds is 8. The Balaban J connectivity index is 1.72. The minimum atomic E-state index is -0.497. The molecule has 6 nitrogen and oxygen atoms in total. The Morgan fingerprint density at radius 3 is 2.54 bits per heavy atom. The van der Waals surface area contributed by atoms with Crippen LogP contribution >= 0.6 is 11.3 Å². The Morgan fingerprint density at radius 2 is 1.89 bits per heavy atom. The first kappa shape index (κ1) is 19.7. The highest BCUT2D eigenvalue weighted by molar-refractivity contribution is 7.10. The van der Waals surface area contributed by atoms with Crippen LogP contribution in [-0.4, -0.2) is 17.4 Å². The highest BCUT2D eigenvalue weighted by Crippen LogP contribution is 2.24. The van der Waals surface area contributed by atoms with Crippen LogP contribution in [0.25, 0.3) is 0 Å². The van der Waals surface area contributed by atoms with Crippen molar-refractivity contribution in [2.45, 2.75) is 19.4 Å². The van der Waals surface area contributed by atoms with E-state index in [2.05, 4.69) is 42.6 Å². The van der Waals surface area contributed by atoms with Gasteiger partial charge in [-0.2, -0.15) is 0 Å². The Labute approximate surface area is 167 Å². The second-order valence-corrected chi connectivity index (χ2v) is 7.33. The number of anilines is 1. The van der Waals surface area contributed by atoms with Crippen LogP contribution in [0.1, 0.15) is 29.0 Å². The van der Waals surface area contributed by atoms with Crippen LogP contribution in [-0.2, 0) is 11.2 Å². The number of nitrogens with two attached hydrogens (primary N) is 1. The summed E-state index contributed by atoms with van der Waals surface area (Å²) in [4.78, 5) is 24.2. The number of carbonyl (C=O) groups excluding carboxylic acids is 1. The molecule has 3 rings (SSSR count).